The summed E-state index contributed by atoms with van der Waals surface area (Å²) >= 11 is 0. The first kappa shape index (κ1) is 19.9. The van der Waals surface area contributed by atoms with E-state index in [9.17, 15) is 9.59 Å². The average Bonchev–Trinajstić information content (AvgIpc) is 3.22. The lowest BCUT2D eigenvalue weighted by molar-refractivity contribution is -0.133. The molecule has 0 radical (unpaired) electrons. The lowest BCUT2D eigenvalue weighted by atomic mass is 9.87. The van der Waals surface area contributed by atoms with Crippen LogP contribution in [0.3, 0.4) is 0 Å². The quantitative estimate of drug-likeness (QED) is 0.612. The largest absolute Gasteiger partial charge is 0.341 e. The van der Waals surface area contributed by atoms with Gasteiger partial charge in [-0.25, -0.2) is 0 Å². The van der Waals surface area contributed by atoms with Gasteiger partial charge in [-0.2, -0.15) is 4.80 Å². The minimum absolute atomic E-state index is 0.0374. The molecule has 1 aliphatic rings. The number of carbonyl (C=O) groups is 2. The molecule has 0 atom stereocenters. The van der Waals surface area contributed by atoms with E-state index in [0.717, 1.165) is 22.3 Å². The maximum Gasteiger partial charge on any atom is 0.246 e. The molecule has 154 valence electrons. The minimum Gasteiger partial charge on any atom is -0.341 e. The van der Waals surface area contributed by atoms with Gasteiger partial charge in [0.05, 0.1) is 0 Å². The molecule has 3 aromatic rings. The number of Topliss-reactive ketones (excluding diaryl/α,β-unsaturated/α-hetero) is 1. The van der Waals surface area contributed by atoms with Crippen LogP contribution in [0.1, 0.15) is 34.3 Å². The van der Waals surface area contributed by atoms with E-state index < -0.39 is 0 Å². The van der Waals surface area contributed by atoms with Gasteiger partial charge in [0.25, 0.3) is 0 Å². The van der Waals surface area contributed by atoms with Gasteiger partial charge in [0.2, 0.25) is 11.7 Å². The molecule has 1 aliphatic heterocycles. The van der Waals surface area contributed by atoms with Gasteiger partial charge in [-0.05, 0) is 37.5 Å². The highest BCUT2D eigenvalue weighted by molar-refractivity contribution is 5.99. The van der Waals surface area contributed by atoms with E-state index >= 15 is 0 Å². The van der Waals surface area contributed by atoms with E-state index in [2.05, 4.69) is 15.4 Å². The Balaban J connectivity index is 1.33. The van der Waals surface area contributed by atoms with Gasteiger partial charge in [-0.1, -0.05) is 54.1 Å². The van der Waals surface area contributed by atoms with Crippen LogP contribution in [0, 0.1) is 19.8 Å². The topological polar surface area (TPSA) is 81.0 Å². The Bertz CT molecular complexity index is 1050. The number of nitrogens with zero attached hydrogens (tertiary/aromatic N) is 5. The van der Waals surface area contributed by atoms with Gasteiger partial charge in [-0.15, -0.1) is 10.2 Å². The smallest absolute Gasteiger partial charge is 0.246 e. The van der Waals surface area contributed by atoms with E-state index in [-0.39, 0.29) is 24.2 Å². The number of hydrogen-bond acceptors (Lipinski definition) is 5. The number of rotatable bonds is 5. The Kier molecular flexibility index (Phi) is 5.70. The molecular weight excluding hydrogens is 378 g/mol. The van der Waals surface area contributed by atoms with E-state index in [1.54, 1.807) is 4.90 Å². The van der Waals surface area contributed by atoms with Crippen LogP contribution in [-0.4, -0.2) is 49.9 Å². The third kappa shape index (κ3) is 4.30. The summed E-state index contributed by atoms with van der Waals surface area (Å²) in [6.07, 6.45) is 1.36. The molecule has 0 unspecified atom stereocenters. The third-order valence-corrected chi connectivity index (χ3v) is 5.63. The summed E-state index contributed by atoms with van der Waals surface area (Å²) in [6, 6.07) is 15.5. The van der Waals surface area contributed by atoms with E-state index in [1.807, 2.05) is 62.4 Å². The van der Waals surface area contributed by atoms with Crippen LogP contribution >= 0.6 is 0 Å². The Morgan fingerprint density at radius 2 is 1.77 bits per heavy atom. The van der Waals surface area contributed by atoms with Crippen LogP contribution in [0.5, 0.6) is 0 Å². The van der Waals surface area contributed by atoms with Crippen molar-refractivity contribution in [2.24, 2.45) is 5.92 Å². The number of piperidine rings is 1. The fourth-order valence-electron chi connectivity index (χ4n) is 3.94. The molecule has 0 saturated carbocycles. The van der Waals surface area contributed by atoms with Gasteiger partial charge in [0.15, 0.2) is 5.78 Å². The Hall–Kier alpha value is -3.35. The van der Waals surface area contributed by atoms with Crippen LogP contribution in [0.25, 0.3) is 11.4 Å². The molecule has 7 heteroatoms. The number of carbonyl (C=O) groups excluding carboxylic acids is 2. The van der Waals surface area contributed by atoms with Crippen molar-refractivity contribution in [2.45, 2.75) is 33.2 Å². The van der Waals surface area contributed by atoms with E-state index in [4.69, 9.17) is 0 Å². The molecule has 1 aromatic heterocycles. The lowest BCUT2D eigenvalue weighted by Crippen LogP contribution is -2.42. The second-order valence-corrected chi connectivity index (χ2v) is 7.85. The van der Waals surface area contributed by atoms with Crippen molar-refractivity contribution in [2.75, 3.05) is 13.1 Å². The first-order valence-corrected chi connectivity index (χ1v) is 10.2. The highest BCUT2D eigenvalue weighted by atomic mass is 16.2. The molecule has 7 nitrogen and oxygen atoms in total. The maximum atomic E-state index is 12.9. The van der Waals surface area contributed by atoms with Crippen LogP contribution in [0.2, 0.25) is 0 Å². The second kappa shape index (κ2) is 8.57. The van der Waals surface area contributed by atoms with Gasteiger partial charge in [0, 0.05) is 30.1 Å². The second-order valence-electron chi connectivity index (χ2n) is 7.85. The molecule has 1 saturated heterocycles. The van der Waals surface area contributed by atoms with Crippen molar-refractivity contribution in [1.82, 2.24) is 25.1 Å². The van der Waals surface area contributed by atoms with Crippen LogP contribution in [-0.2, 0) is 11.3 Å². The molecule has 30 heavy (non-hydrogen) atoms. The number of ketones is 1. The number of aromatic nitrogens is 4. The molecule has 0 aliphatic carbocycles. The molecule has 0 N–H and O–H groups in total. The molecule has 4 rings (SSSR count). The van der Waals surface area contributed by atoms with Crippen LogP contribution in [0.15, 0.2) is 48.5 Å². The zero-order valence-electron chi connectivity index (χ0n) is 17.3. The molecule has 2 aromatic carbocycles. The van der Waals surface area contributed by atoms with Gasteiger partial charge >= 0.3 is 0 Å². The summed E-state index contributed by atoms with van der Waals surface area (Å²) in [5, 5.41) is 12.3. The third-order valence-electron chi connectivity index (χ3n) is 5.63. The van der Waals surface area contributed by atoms with Gasteiger partial charge in [-0.3, -0.25) is 9.59 Å². The molecule has 1 fully saturated rings. The first-order valence-electron chi connectivity index (χ1n) is 10.2. The minimum atomic E-state index is -0.0515. The normalized spacial score (nSPS) is 14.7. The van der Waals surface area contributed by atoms with Gasteiger partial charge in [0.1, 0.15) is 6.54 Å². The van der Waals surface area contributed by atoms with Gasteiger partial charge < -0.3 is 4.90 Å². The summed E-state index contributed by atoms with van der Waals surface area (Å²) < 4.78 is 0. The van der Waals surface area contributed by atoms with Crippen molar-refractivity contribution in [1.29, 1.82) is 0 Å². The first-order chi connectivity index (χ1) is 14.5. The summed E-state index contributed by atoms with van der Waals surface area (Å²) in [4.78, 5) is 28.7. The number of hydrogen-bond donors (Lipinski definition) is 0. The predicted molar refractivity (Wildman–Crippen MR) is 113 cm³/mol. The summed E-state index contributed by atoms with van der Waals surface area (Å²) in [5.74, 6) is 0.597. The van der Waals surface area contributed by atoms with Crippen LogP contribution < -0.4 is 0 Å². The summed E-state index contributed by atoms with van der Waals surface area (Å²) in [5.41, 5.74) is 3.83. The summed E-state index contributed by atoms with van der Waals surface area (Å²) in [7, 11) is 0. The predicted octanol–water partition coefficient (Wildman–Crippen LogP) is 3.08. The fourth-order valence-corrected chi connectivity index (χ4v) is 3.94. The Morgan fingerprint density at radius 3 is 2.47 bits per heavy atom. The van der Waals surface area contributed by atoms with Crippen molar-refractivity contribution in [3.8, 4) is 11.4 Å². The average molecular weight is 403 g/mol. The van der Waals surface area contributed by atoms with Crippen molar-refractivity contribution < 1.29 is 9.59 Å². The monoisotopic (exact) mass is 403 g/mol. The molecule has 0 bridgehead atoms. The number of likely N-dealkylation sites (tertiary alicyclic amines) is 1. The standard InChI is InChI=1S/C23H25N5O2/c1-16-8-9-20(17(2)14-16)22(30)18-10-12-27(13-11-18)21(29)15-28-25-23(24-26-28)19-6-4-3-5-7-19/h3-9,14,18H,10-13,15H2,1-2H3. The fraction of sp³-hybridized carbons (Fsp3) is 0.348. The molecule has 1 amide bonds. The molecule has 0 spiro atoms. The van der Waals surface area contributed by atoms with E-state index in [1.165, 1.54) is 4.80 Å². The molecular formula is C23H25N5O2. The number of amides is 1. The van der Waals surface area contributed by atoms with Crippen molar-refractivity contribution in [3.63, 3.8) is 0 Å². The maximum absolute atomic E-state index is 12.9. The number of tetrazole rings is 1. The highest BCUT2D eigenvalue weighted by Gasteiger charge is 2.29. The number of aryl methyl sites for hydroxylation is 2. The number of benzene rings is 2. The lowest BCUT2D eigenvalue weighted by Gasteiger charge is -2.31. The molecule has 2 heterocycles. The van der Waals surface area contributed by atoms with E-state index in [0.29, 0.717) is 31.8 Å². The highest BCUT2D eigenvalue weighted by Crippen LogP contribution is 2.24. The zero-order valence-corrected chi connectivity index (χ0v) is 17.3. The Labute approximate surface area is 175 Å². The SMILES string of the molecule is Cc1ccc(C(=O)C2CCN(C(=O)Cn3nnc(-c4ccccc4)n3)CC2)c(C)c1. The van der Waals surface area contributed by atoms with Crippen LogP contribution in [0.4, 0.5) is 0 Å². The zero-order chi connectivity index (χ0) is 21.1. The Morgan fingerprint density at radius 1 is 1.03 bits per heavy atom. The van der Waals surface area contributed by atoms with Crippen molar-refractivity contribution >= 4 is 11.7 Å². The summed E-state index contributed by atoms with van der Waals surface area (Å²) in [6.45, 7) is 5.20. The van der Waals surface area contributed by atoms with Crippen molar-refractivity contribution in [3.05, 3.63) is 65.2 Å².